The van der Waals surface area contributed by atoms with Gasteiger partial charge in [0.2, 0.25) is 0 Å². The van der Waals surface area contributed by atoms with Gasteiger partial charge in [-0.1, -0.05) is 0 Å². The van der Waals surface area contributed by atoms with Gasteiger partial charge in [-0.15, -0.1) is 22.7 Å². The number of nitrogens with one attached hydrogen (secondary N) is 1. The lowest BCUT2D eigenvalue weighted by atomic mass is 10.2. The van der Waals surface area contributed by atoms with Crippen LogP contribution < -0.4 is 5.32 Å². The molecule has 0 fully saturated rings. The standard InChI is InChI=1S/C13H14N4S2/c1-7-9(3)19-13-11(7)12(15-5-16-13)14-4-10-8(2)17-6-18-10/h5-6H,4H2,1-3H3,(H,14,15,16). The minimum Gasteiger partial charge on any atom is -0.364 e. The van der Waals surface area contributed by atoms with Crippen LogP contribution in [-0.2, 0) is 6.54 Å². The molecule has 0 aliphatic rings. The number of aromatic nitrogens is 3. The van der Waals surface area contributed by atoms with Crippen molar-refractivity contribution in [3.05, 3.63) is 32.8 Å². The Labute approximate surface area is 119 Å². The van der Waals surface area contributed by atoms with Gasteiger partial charge in [0.05, 0.1) is 23.1 Å². The van der Waals surface area contributed by atoms with Crippen molar-refractivity contribution in [3.63, 3.8) is 0 Å². The molecule has 19 heavy (non-hydrogen) atoms. The summed E-state index contributed by atoms with van der Waals surface area (Å²) in [6.07, 6.45) is 1.62. The van der Waals surface area contributed by atoms with E-state index >= 15 is 0 Å². The summed E-state index contributed by atoms with van der Waals surface area (Å²) in [6, 6.07) is 0. The number of hydrogen-bond donors (Lipinski definition) is 1. The minimum atomic E-state index is 0.761. The van der Waals surface area contributed by atoms with Crippen LogP contribution in [0.15, 0.2) is 11.8 Å². The van der Waals surface area contributed by atoms with Crippen LogP contribution in [0.1, 0.15) is 21.0 Å². The van der Waals surface area contributed by atoms with Gasteiger partial charge in [-0.05, 0) is 26.3 Å². The zero-order chi connectivity index (χ0) is 13.4. The molecule has 0 unspecified atom stereocenters. The molecular formula is C13H14N4S2. The zero-order valence-electron chi connectivity index (χ0n) is 11.0. The Morgan fingerprint density at radius 1 is 1.16 bits per heavy atom. The average Bonchev–Trinajstić information content (AvgIpc) is 2.92. The predicted molar refractivity (Wildman–Crippen MR) is 81.1 cm³/mol. The Kier molecular flexibility index (Phi) is 3.20. The summed E-state index contributed by atoms with van der Waals surface area (Å²) in [4.78, 5) is 16.6. The third kappa shape index (κ3) is 2.21. The number of fused-ring (bicyclic) bond motifs is 1. The highest BCUT2D eigenvalue weighted by Crippen LogP contribution is 2.32. The summed E-state index contributed by atoms with van der Waals surface area (Å²) in [5, 5.41) is 4.56. The molecule has 4 nitrogen and oxygen atoms in total. The van der Waals surface area contributed by atoms with E-state index < -0.39 is 0 Å². The number of anilines is 1. The monoisotopic (exact) mass is 290 g/mol. The highest BCUT2D eigenvalue weighted by molar-refractivity contribution is 7.18. The van der Waals surface area contributed by atoms with Gasteiger partial charge in [0, 0.05) is 9.75 Å². The topological polar surface area (TPSA) is 50.7 Å². The normalized spacial score (nSPS) is 11.1. The van der Waals surface area contributed by atoms with Gasteiger partial charge in [0.25, 0.3) is 0 Å². The zero-order valence-corrected chi connectivity index (χ0v) is 12.7. The fourth-order valence-electron chi connectivity index (χ4n) is 1.98. The van der Waals surface area contributed by atoms with Gasteiger partial charge in [0.15, 0.2) is 0 Å². The Hall–Kier alpha value is -1.53. The van der Waals surface area contributed by atoms with Crippen molar-refractivity contribution >= 4 is 38.7 Å². The highest BCUT2D eigenvalue weighted by Gasteiger charge is 2.12. The summed E-state index contributed by atoms with van der Waals surface area (Å²) >= 11 is 3.39. The first-order valence-corrected chi connectivity index (χ1v) is 7.70. The highest BCUT2D eigenvalue weighted by atomic mass is 32.1. The van der Waals surface area contributed by atoms with Crippen LogP contribution >= 0.6 is 22.7 Å². The molecular weight excluding hydrogens is 276 g/mol. The third-order valence-corrected chi connectivity index (χ3v) is 5.28. The van der Waals surface area contributed by atoms with E-state index in [-0.39, 0.29) is 0 Å². The van der Waals surface area contributed by atoms with Crippen LogP contribution in [-0.4, -0.2) is 15.0 Å². The van der Waals surface area contributed by atoms with E-state index in [1.54, 1.807) is 29.0 Å². The van der Waals surface area contributed by atoms with Gasteiger partial charge in [-0.2, -0.15) is 0 Å². The lowest BCUT2D eigenvalue weighted by Gasteiger charge is -2.06. The van der Waals surface area contributed by atoms with Gasteiger partial charge in [-0.25, -0.2) is 15.0 Å². The number of hydrogen-bond acceptors (Lipinski definition) is 6. The van der Waals surface area contributed by atoms with E-state index in [4.69, 9.17) is 0 Å². The van der Waals surface area contributed by atoms with Crippen LogP contribution in [0.5, 0.6) is 0 Å². The van der Waals surface area contributed by atoms with Crippen LogP contribution in [0.3, 0.4) is 0 Å². The first-order chi connectivity index (χ1) is 9.16. The fourth-order valence-corrected chi connectivity index (χ4v) is 3.69. The van der Waals surface area contributed by atoms with E-state index in [0.29, 0.717) is 0 Å². The molecule has 0 aliphatic carbocycles. The van der Waals surface area contributed by atoms with Crippen molar-refractivity contribution in [3.8, 4) is 0 Å². The van der Waals surface area contributed by atoms with E-state index in [1.807, 2.05) is 12.4 Å². The fraction of sp³-hybridized carbons (Fsp3) is 0.308. The second-order valence-corrected chi connectivity index (χ2v) is 6.54. The smallest absolute Gasteiger partial charge is 0.138 e. The number of thiazole rings is 1. The van der Waals surface area contributed by atoms with Crippen molar-refractivity contribution in [2.75, 3.05) is 5.32 Å². The molecule has 0 spiro atoms. The van der Waals surface area contributed by atoms with Crippen molar-refractivity contribution < 1.29 is 0 Å². The van der Waals surface area contributed by atoms with Crippen molar-refractivity contribution in [1.82, 2.24) is 15.0 Å². The number of thiophene rings is 1. The Morgan fingerprint density at radius 3 is 2.74 bits per heavy atom. The Balaban J connectivity index is 1.95. The van der Waals surface area contributed by atoms with Gasteiger partial charge in [0.1, 0.15) is 17.0 Å². The molecule has 3 aromatic heterocycles. The second-order valence-electron chi connectivity index (χ2n) is 4.40. The lowest BCUT2D eigenvalue weighted by molar-refractivity contribution is 1.09. The van der Waals surface area contributed by atoms with Crippen LogP contribution in [0, 0.1) is 20.8 Å². The quantitative estimate of drug-likeness (QED) is 0.799. The number of rotatable bonds is 3. The van der Waals surface area contributed by atoms with E-state index in [1.165, 1.54) is 15.3 Å². The Morgan fingerprint density at radius 2 is 2.00 bits per heavy atom. The average molecular weight is 290 g/mol. The summed E-state index contributed by atoms with van der Waals surface area (Å²) in [5.74, 6) is 0.916. The first kappa shape index (κ1) is 12.5. The largest absolute Gasteiger partial charge is 0.364 e. The lowest BCUT2D eigenvalue weighted by Crippen LogP contribution is -2.02. The molecule has 1 N–H and O–H groups in total. The molecule has 3 rings (SSSR count). The minimum absolute atomic E-state index is 0.761. The van der Waals surface area contributed by atoms with Crippen LogP contribution in [0.25, 0.3) is 10.2 Å². The van der Waals surface area contributed by atoms with E-state index in [0.717, 1.165) is 28.3 Å². The third-order valence-electron chi connectivity index (χ3n) is 3.23. The van der Waals surface area contributed by atoms with Crippen molar-refractivity contribution in [2.24, 2.45) is 0 Å². The SMILES string of the molecule is Cc1ncsc1CNc1ncnc2sc(C)c(C)c12. The van der Waals surface area contributed by atoms with Gasteiger partial charge < -0.3 is 5.32 Å². The molecule has 0 atom stereocenters. The Bertz CT molecular complexity index is 729. The molecule has 6 heteroatoms. The molecule has 0 aliphatic heterocycles. The summed E-state index contributed by atoms with van der Waals surface area (Å²) < 4.78 is 0. The predicted octanol–water partition coefficient (Wildman–Crippen LogP) is 3.69. The molecule has 0 radical (unpaired) electrons. The number of aryl methyl sites for hydroxylation is 3. The molecule has 3 heterocycles. The van der Waals surface area contributed by atoms with Crippen LogP contribution in [0.4, 0.5) is 5.82 Å². The number of nitrogens with zero attached hydrogens (tertiary/aromatic N) is 3. The maximum absolute atomic E-state index is 4.38. The summed E-state index contributed by atoms with van der Waals surface area (Å²) in [7, 11) is 0. The van der Waals surface area contributed by atoms with Crippen molar-refractivity contribution in [2.45, 2.75) is 27.3 Å². The first-order valence-electron chi connectivity index (χ1n) is 6.00. The van der Waals surface area contributed by atoms with Gasteiger partial charge >= 0.3 is 0 Å². The maximum Gasteiger partial charge on any atom is 0.138 e. The summed E-state index contributed by atoms with van der Waals surface area (Å²) in [5.41, 5.74) is 4.23. The molecule has 0 bridgehead atoms. The molecule has 3 aromatic rings. The maximum atomic E-state index is 4.38. The molecule has 98 valence electrons. The van der Waals surface area contributed by atoms with Gasteiger partial charge in [-0.3, -0.25) is 0 Å². The molecule has 0 amide bonds. The summed E-state index contributed by atoms with van der Waals surface area (Å²) in [6.45, 7) is 7.04. The second kappa shape index (κ2) is 4.86. The van der Waals surface area contributed by atoms with Crippen LogP contribution in [0.2, 0.25) is 0 Å². The molecule has 0 aromatic carbocycles. The molecule has 0 saturated heterocycles. The molecule has 0 saturated carbocycles. The van der Waals surface area contributed by atoms with E-state index in [9.17, 15) is 0 Å². The van der Waals surface area contributed by atoms with E-state index in [2.05, 4.69) is 34.1 Å². The van der Waals surface area contributed by atoms with Crippen molar-refractivity contribution in [1.29, 1.82) is 0 Å².